The largest absolute Gasteiger partial charge is 0.480 e. The Morgan fingerprint density at radius 1 is 1.14 bits per heavy atom. The highest BCUT2D eigenvalue weighted by molar-refractivity contribution is 8.01. The van der Waals surface area contributed by atoms with E-state index in [2.05, 4.69) is 15.3 Å². The number of hydrogen-bond acceptors (Lipinski definition) is 5. The second-order valence-corrected chi connectivity index (χ2v) is 8.88. The number of benzene rings is 1. The highest BCUT2D eigenvalue weighted by Gasteiger charge is 2.39. The predicted octanol–water partition coefficient (Wildman–Crippen LogP) is 6.66. The summed E-state index contributed by atoms with van der Waals surface area (Å²) in [7, 11) is 0. The normalized spacial score (nSPS) is 11.5. The van der Waals surface area contributed by atoms with Crippen molar-refractivity contribution >= 4 is 52.4 Å². The Kier molecular flexibility index (Phi) is 7.98. The van der Waals surface area contributed by atoms with Gasteiger partial charge in [0, 0.05) is 16.8 Å². The van der Waals surface area contributed by atoms with E-state index in [4.69, 9.17) is 23.2 Å². The van der Waals surface area contributed by atoms with E-state index in [1.54, 1.807) is 6.07 Å². The lowest BCUT2D eigenvalue weighted by Gasteiger charge is -2.27. The fraction of sp³-hybridized carbons (Fsp3) is 0.450. The summed E-state index contributed by atoms with van der Waals surface area (Å²) in [6, 6.07) is 5.32. The molecule has 8 heteroatoms. The Bertz CT molecular complexity index is 856. The van der Waals surface area contributed by atoms with Gasteiger partial charge in [0.2, 0.25) is 0 Å². The standard InChI is InChI=1S/C20H25Cl2N3O2S/c1-5-9-20(10-6-2,18(26)27)28-19-24-16(22)11-17(25-19)23-15-8-7-14(21)12(3)13(15)4/h7-8,11H,5-6,9-10H2,1-4H3,(H,26,27)(H,23,24,25). The van der Waals surface area contributed by atoms with Crippen LogP contribution in [0.2, 0.25) is 10.2 Å². The summed E-state index contributed by atoms with van der Waals surface area (Å²) in [4.78, 5) is 20.8. The number of carbonyl (C=O) groups is 1. The van der Waals surface area contributed by atoms with E-state index in [0.29, 0.717) is 28.8 Å². The van der Waals surface area contributed by atoms with Crippen molar-refractivity contribution in [2.24, 2.45) is 0 Å². The molecule has 5 nitrogen and oxygen atoms in total. The molecule has 0 aliphatic rings. The van der Waals surface area contributed by atoms with E-state index in [1.807, 2.05) is 39.8 Å². The third-order valence-corrected chi connectivity index (χ3v) is 6.58. The number of rotatable bonds is 9. The van der Waals surface area contributed by atoms with E-state index >= 15 is 0 Å². The topological polar surface area (TPSA) is 75.1 Å². The van der Waals surface area contributed by atoms with Gasteiger partial charge in [-0.15, -0.1) is 0 Å². The minimum Gasteiger partial charge on any atom is -0.480 e. The molecule has 28 heavy (non-hydrogen) atoms. The van der Waals surface area contributed by atoms with Crippen molar-refractivity contribution in [1.29, 1.82) is 0 Å². The molecule has 0 atom stereocenters. The zero-order valence-corrected chi connectivity index (χ0v) is 18.8. The van der Waals surface area contributed by atoms with Crippen LogP contribution < -0.4 is 5.32 Å². The molecule has 0 fully saturated rings. The number of hydrogen-bond donors (Lipinski definition) is 2. The van der Waals surface area contributed by atoms with Gasteiger partial charge in [0.25, 0.3) is 0 Å². The number of halogens is 2. The summed E-state index contributed by atoms with van der Waals surface area (Å²) < 4.78 is -0.960. The maximum Gasteiger partial charge on any atom is 0.320 e. The lowest BCUT2D eigenvalue weighted by atomic mass is 9.97. The highest BCUT2D eigenvalue weighted by Crippen LogP contribution is 2.40. The molecule has 0 saturated heterocycles. The second-order valence-electron chi connectivity index (χ2n) is 6.73. The fourth-order valence-electron chi connectivity index (χ4n) is 3.03. The van der Waals surface area contributed by atoms with Crippen molar-refractivity contribution in [2.75, 3.05) is 5.32 Å². The van der Waals surface area contributed by atoms with Crippen molar-refractivity contribution in [2.45, 2.75) is 63.3 Å². The molecule has 0 bridgehead atoms. The maximum atomic E-state index is 12.0. The van der Waals surface area contributed by atoms with Crippen LogP contribution in [0.3, 0.4) is 0 Å². The Balaban J connectivity index is 2.37. The average molecular weight is 442 g/mol. The number of aromatic nitrogens is 2. The summed E-state index contributed by atoms with van der Waals surface area (Å²) in [6.07, 6.45) is 2.59. The van der Waals surface area contributed by atoms with Crippen LogP contribution in [0, 0.1) is 13.8 Å². The van der Waals surface area contributed by atoms with Gasteiger partial charge in [0.05, 0.1) is 0 Å². The first kappa shape index (κ1) is 22.8. The van der Waals surface area contributed by atoms with E-state index in [9.17, 15) is 9.90 Å². The predicted molar refractivity (Wildman–Crippen MR) is 117 cm³/mol. The van der Waals surface area contributed by atoms with Crippen LogP contribution in [0.25, 0.3) is 0 Å². The third-order valence-electron chi connectivity index (χ3n) is 4.64. The zero-order valence-electron chi connectivity index (χ0n) is 16.5. The molecular formula is C20H25Cl2N3O2S. The van der Waals surface area contributed by atoms with Crippen molar-refractivity contribution in [3.63, 3.8) is 0 Å². The smallest absolute Gasteiger partial charge is 0.320 e. The molecular weight excluding hydrogens is 417 g/mol. The number of aliphatic carboxylic acids is 1. The molecule has 0 saturated carbocycles. The second kappa shape index (κ2) is 9.81. The Morgan fingerprint density at radius 2 is 1.79 bits per heavy atom. The molecule has 1 aromatic carbocycles. The van der Waals surface area contributed by atoms with E-state index < -0.39 is 10.7 Å². The van der Waals surface area contributed by atoms with Gasteiger partial charge in [-0.1, -0.05) is 61.7 Å². The Morgan fingerprint density at radius 3 is 2.36 bits per heavy atom. The first-order valence-corrected chi connectivity index (χ1v) is 10.8. The first-order chi connectivity index (χ1) is 13.2. The summed E-state index contributed by atoms with van der Waals surface area (Å²) in [5.41, 5.74) is 2.85. The van der Waals surface area contributed by atoms with E-state index in [1.165, 1.54) is 11.8 Å². The molecule has 0 unspecified atom stereocenters. The zero-order chi connectivity index (χ0) is 20.9. The fourth-order valence-corrected chi connectivity index (χ4v) is 4.81. The van der Waals surface area contributed by atoms with Crippen LogP contribution in [0.1, 0.15) is 50.7 Å². The molecule has 2 rings (SSSR count). The van der Waals surface area contributed by atoms with Crippen molar-refractivity contribution in [3.8, 4) is 0 Å². The lowest BCUT2D eigenvalue weighted by Crippen LogP contribution is -2.35. The van der Waals surface area contributed by atoms with Crippen LogP contribution in [-0.4, -0.2) is 25.8 Å². The number of carboxylic acid groups (broad SMARTS) is 1. The number of nitrogens with one attached hydrogen (secondary N) is 1. The van der Waals surface area contributed by atoms with E-state index in [-0.39, 0.29) is 5.15 Å². The SMILES string of the molecule is CCCC(CCC)(Sc1nc(Cl)cc(Nc2ccc(Cl)c(C)c2C)n1)C(=O)O. The van der Waals surface area contributed by atoms with Crippen LogP contribution in [-0.2, 0) is 4.79 Å². The van der Waals surface area contributed by atoms with Crippen molar-refractivity contribution in [3.05, 3.63) is 39.5 Å². The maximum absolute atomic E-state index is 12.0. The molecule has 0 aliphatic carbocycles. The van der Waals surface area contributed by atoms with Crippen LogP contribution in [0.4, 0.5) is 11.5 Å². The third kappa shape index (κ3) is 5.31. The van der Waals surface area contributed by atoms with Gasteiger partial charge < -0.3 is 10.4 Å². The lowest BCUT2D eigenvalue weighted by molar-refractivity contribution is -0.140. The average Bonchev–Trinajstić information content (AvgIpc) is 2.62. The monoisotopic (exact) mass is 441 g/mol. The Hall–Kier alpha value is -1.50. The summed E-state index contributed by atoms with van der Waals surface area (Å²) in [5.74, 6) is -0.330. The van der Waals surface area contributed by atoms with Gasteiger partial charge >= 0.3 is 5.97 Å². The molecule has 152 valence electrons. The number of carboxylic acids is 1. The molecule has 0 spiro atoms. The number of nitrogens with zero attached hydrogens (tertiary/aromatic N) is 2. The van der Waals surface area contributed by atoms with Gasteiger partial charge in [-0.3, -0.25) is 4.79 Å². The van der Waals surface area contributed by atoms with Crippen molar-refractivity contribution < 1.29 is 9.90 Å². The van der Waals surface area contributed by atoms with Crippen LogP contribution >= 0.6 is 35.0 Å². The summed E-state index contributed by atoms with van der Waals surface area (Å²) in [5, 5.41) is 14.4. The minimum atomic E-state index is -0.960. The highest BCUT2D eigenvalue weighted by atomic mass is 35.5. The van der Waals surface area contributed by atoms with Gasteiger partial charge in [-0.25, -0.2) is 9.97 Å². The van der Waals surface area contributed by atoms with Gasteiger partial charge in [-0.2, -0.15) is 0 Å². The van der Waals surface area contributed by atoms with E-state index in [0.717, 1.165) is 29.7 Å². The number of anilines is 2. The van der Waals surface area contributed by atoms with Crippen LogP contribution in [0.15, 0.2) is 23.4 Å². The number of thioether (sulfide) groups is 1. The summed E-state index contributed by atoms with van der Waals surface area (Å²) >= 11 is 13.5. The molecule has 0 radical (unpaired) electrons. The summed E-state index contributed by atoms with van der Waals surface area (Å²) in [6.45, 7) is 7.88. The minimum absolute atomic E-state index is 0.260. The van der Waals surface area contributed by atoms with Crippen molar-refractivity contribution in [1.82, 2.24) is 9.97 Å². The van der Waals surface area contributed by atoms with Gasteiger partial charge in [0.15, 0.2) is 5.16 Å². The molecule has 0 aliphatic heterocycles. The molecule has 0 amide bonds. The molecule has 1 aromatic heterocycles. The van der Waals surface area contributed by atoms with Crippen LogP contribution in [0.5, 0.6) is 0 Å². The quantitative estimate of drug-likeness (QED) is 0.257. The molecule has 2 aromatic rings. The van der Waals surface area contributed by atoms with Gasteiger partial charge in [-0.05, 0) is 49.9 Å². The first-order valence-electron chi connectivity index (χ1n) is 9.22. The Labute approximate surface area is 180 Å². The molecule has 1 heterocycles. The molecule has 2 N–H and O–H groups in total. The van der Waals surface area contributed by atoms with Gasteiger partial charge in [0.1, 0.15) is 15.7 Å².